The molecular formula is C14H10ClF3N4O2S. The Bertz CT molecular complexity index is 1000. The molecule has 11 heteroatoms. The molecule has 3 aromatic rings. The molecule has 0 amide bonds. The zero-order valence-corrected chi connectivity index (χ0v) is 13.8. The lowest BCUT2D eigenvalue weighted by atomic mass is 10.1. The van der Waals surface area contributed by atoms with E-state index < -0.39 is 27.3 Å². The van der Waals surface area contributed by atoms with Crippen molar-refractivity contribution in [1.29, 1.82) is 0 Å². The second kappa shape index (κ2) is 6.28. The molecule has 0 spiro atoms. The number of nitrogens with zero attached hydrogens (tertiary/aromatic N) is 3. The minimum absolute atomic E-state index is 0.0536. The van der Waals surface area contributed by atoms with Crippen LogP contribution in [0.4, 0.5) is 13.2 Å². The molecule has 2 aromatic heterocycles. The molecule has 0 saturated carbocycles. The number of imidazole rings is 1. The van der Waals surface area contributed by atoms with Crippen molar-refractivity contribution in [2.75, 3.05) is 0 Å². The third kappa shape index (κ3) is 3.60. The van der Waals surface area contributed by atoms with Gasteiger partial charge in [-0.05, 0) is 23.8 Å². The van der Waals surface area contributed by atoms with Crippen LogP contribution in [0.5, 0.6) is 0 Å². The number of hydrogen-bond donors (Lipinski definition) is 1. The number of aromatic nitrogens is 3. The van der Waals surface area contributed by atoms with Gasteiger partial charge < -0.3 is 0 Å². The number of rotatable bonds is 4. The van der Waals surface area contributed by atoms with Crippen LogP contribution < -0.4 is 4.72 Å². The third-order valence-electron chi connectivity index (χ3n) is 3.33. The Balaban J connectivity index is 2.02. The van der Waals surface area contributed by atoms with Crippen LogP contribution >= 0.6 is 11.6 Å². The Labute approximate surface area is 145 Å². The molecule has 0 aliphatic rings. The second-order valence-corrected chi connectivity index (χ2v) is 7.13. The fourth-order valence-electron chi connectivity index (χ4n) is 2.20. The van der Waals surface area contributed by atoms with Crippen LogP contribution in [0.1, 0.15) is 11.6 Å². The zero-order valence-electron chi connectivity index (χ0n) is 12.3. The maximum Gasteiger partial charge on any atom is 0.408 e. The molecule has 25 heavy (non-hydrogen) atoms. The van der Waals surface area contributed by atoms with Gasteiger partial charge in [-0.25, -0.2) is 18.4 Å². The van der Waals surface area contributed by atoms with Crippen molar-refractivity contribution in [3.8, 4) is 0 Å². The highest BCUT2D eigenvalue weighted by atomic mass is 35.5. The highest BCUT2D eigenvalue weighted by Gasteiger charge is 2.44. The molecule has 0 radical (unpaired) electrons. The molecule has 1 aromatic carbocycles. The average Bonchev–Trinajstić information content (AvgIpc) is 2.97. The fourth-order valence-corrected chi connectivity index (χ4v) is 3.62. The number of benzene rings is 1. The Hall–Kier alpha value is -2.17. The first-order valence-corrected chi connectivity index (χ1v) is 8.67. The van der Waals surface area contributed by atoms with E-state index in [1.807, 2.05) is 0 Å². The van der Waals surface area contributed by atoms with Crippen molar-refractivity contribution < 1.29 is 21.6 Å². The summed E-state index contributed by atoms with van der Waals surface area (Å²) >= 11 is 5.67. The monoisotopic (exact) mass is 390 g/mol. The molecule has 3 rings (SSSR count). The predicted molar refractivity (Wildman–Crippen MR) is 83.6 cm³/mol. The summed E-state index contributed by atoms with van der Waals surface area (Å²) in [6.45, 7) is 0. The Morgan fingerprint density at radius 3 is 2.48 bits per heavy atom. The average molecular weight is 391 g/mol. The predicted octanol–water partition coefficient (Wildman–Crippen LogP) is 2.96. The third-order valence-corrected chi connectivity index (χ3v) is 4.98. The standard InChI is InChI=1S/C14H10ClF3N4O2S/c15-10-4-2-9(3-5-10)12(14(16,17)18)21-25(23,24)11-8-20-13-19-6-1-7-22(11)13/h1-8,12,21H. The van der Waals surface area contributed by atoms with E-state index in [1.54, 1.807) is 4.72 Å². The van der Waals surface area contributed by atoms with Crippen LogP contribution in [-0.4, -0.2) is 29.0 Å². The lowest BCUT2D eigenvalue weighted by Crippen LogP contribution is -2.38. The van der Waals surface area contributed by atoms with Gasteiger partial charge in [-0.2, -0.15) is 17.9 Å². The van der Waals surface area contributed by atoms with Gasteiger partial charge in [-0.1, -0.05) is 23.7 Å². The first-order valence-electron chi connectivity index (χ1n) is 6.81. The summed E-state index contributed by atoms with van der Waals surface area (Å²) in [4.78, 5) is 7.61. The number of hydrogen-bond acceptors (Lipinski definition) is 4. The van der Waals surface area contributed by atoms with Crippen molar-refractivity contribution in [2.24, 2.45) is 0 Å². The van der Waals surface area contributed by atoms with Crippen molar-refractivity contribution >= 4 is 27.4 Å². The molecule has 6 nitrogen and oxygen atoms in total. The van der Waals surface area contributed by atoms with Gasteiger partial charge in [0.25, 0.3) is 10.0 Å². The summed E-state index contributed by atoms with van der Waals surface area (Å²) in [6.07, 6.45) is -1.17. The van der Waals surface area contributed by atoms with E-state index in [-0.39, 0.29) is 16.4 Å². The quantitative estimate of drug-likeness (QED) is 0.743. The molecule has 132 valence electrons. The molecule has 0 aliphatic carbocycles. The highest BCUT2D eigenvalue weighted by Crippen LogP contribution is 2.34. The molecule has 2 heterocycles. The van der Waals surface area contributed by atoms with E-state index in [9.17, 15) is 21.6 Å². The minimum atomic E-state index is -4.85. The Kier molecular flexibility index (Phi) is 4.43. The highest BCUT2D eigenvalue weighted by molar-refractivity contribution is 7.89. The number of halogens is 4. The van der Waals surface area contributed by atoms with Gasteiger partial charge in [0.05, 0.1) is 6.20 Å². The zero-order chi connectivity index (χ0) is 18.2. The first kappa shape index (κ1) is 17.6. The lowest BCUT2D eigenvalue weighted by Gasteiger charge is -2.21. The molecule has 0 saturated heterocycles. The fraction of sp³-hybridized carbons (Fsp3) is 0.143. The summed E-state index contributed by atoms with van der Waals surface area (Å²) in [6, 6.07) is 3.73. The van der Waals surface area contributed by atoms with E-state index >= 15 is 0 Å². The molecule has 1 N–H and O–H groups in total. The van der Waals surface area contributed by atoms with Crippen molar-refractivity contribution in [1.82, 2.24) is 19.1 Å². The maximum absolute atomic E-state index is 13.4. The normalized spacial score (nSPS) is 13.9. The number of nitrogens with one attached hydrogen (secondary N) is 1. The van der Waals surface area contributed by atoms with Crippen LogP contribution in [-0.2, 0) is 10.0 Å². The van der Waals surface area contributed by atoms with Crippen LogP contribution in [0.25, 0.3) is 5.78 Å². The Morgan fingerprint density at radius 1 is 1.16 bits per heavy atom. The second-order valence-electron chi connectivity index (χ2n) is 5.03. The maximum atomic E-state index is 13.4. The van der Waals surface area contributed by atoms with Gasteiger partial charge in [-0.3, -0.25) is 4.40 Å². The molecule has 0 aliphatic heterocycles. The summed E-state index contributed by atoms with van der Waals surface area (Å²) < 4.78 is 67.9. The number of fused-ring (bicyclic) bond motifs is 1. The van der Waals surface area contributed by atoms with Gasteiger partial charge in [0.15, 0.2) is 5.03 Å². The summed E-state index contributed by atoms with van der Waals surface area (Å²) in [5, 5.41) is -0.209. The van der Waals surface area contributed by atoms with Gasteiger partial charge >= 0.3 is 6.18 Å². The molecular weight excluding hydrogens is 381 g/mol. The topological polar surface area (TPSA) is 76.4 Å². The number of sulfonamides is 1. The van der Waals surface area contributed by atoms with Gasteiger partial charge in [0, 0.05) is 17.4 Å². The molecule has 0 fully saturated rings. The Morgan fingerprint density at radius 2 is 1.84 bits per heavy atom. The van der Waals surface area contributed by atoms with Crippen LogP contribution in [0.2, 0.25) is 5.02 Å². The van der Waals surface area contributed by atoms with Crippen LogP contribution in [0.15, 0.2) is 53.9 Å². The lowest BCUT2D eigenvalue weighted by molar-refractivity contribution is -0.153. The van der Waals surface area contributed by atoms with Crippen LogP contribution in [0, 0.1) is 0 Å². The largest absolute Gasteiger partial charge is 0.408 e. The van der Waals surface area contributed by atoms with Gasteiger partial charge in [-0.15, -0.1) is 0 Å². The van der Waals surface area contributed by atoms with Crippen molar-refractivity contribution in [3.05, 3.63) is 59.5 Å². The molecule has 1 atom stereocenters. The smallest absolute Gasteiger partial charge is 0.273 e. The van der Waals surface area contributed by atoms with E-state index in [0.717, 1.165) is 22.7 Å². The SMILES string of the molecule is O=S(=O)(NC(c1ccc(Cl)cc1)C(F)(F)F)c1cnc2ncccn12. The van der Waals surface area contributed by atoms with Gasteiger partial charge in [0.1, 0.15) is 6.04 Å². The summed E-state index contributed by atoms with van der Waals surface area (Å²) in [5.74, 6) is 0.0536. The summed E-state index contributed by atoms with van der Waals surface area (Å²) in [7, 11) is -4.53. The van der Waals surface area contributed by atoms with E-state index in [1.165, 1.54) is 30.6 Å². The van der Waals surface area contributed by atoms with Crippen LogP contribution in [0.3, 0.4) is 0 Å². The van der Waals surface area contributed by atoms with E-state index in [2.05, 4.69) is 9.97 Å². The molecule has 1 unspecified atom stereocenters. The minimum Gasteiger partial charge on any atom is -0.273 e. The number of alkyl halides is 3. The van der Waals surface area contributed by atoms with Crippen molar-refractivity contribution in [2.45, 2.75) is 17.2 Å². The summed E-state index contributed by atoms with van der Waals surface area (Å²) in [5.41, 5.74) is -0.285. The first-order chi connectivity index (χ1) is 11.7. The van der Waals surface area contributed by atoms with E-state index in [4.69, 9.17) is 11.6 Å². The molecule has 0 bridgehead atoms. The van der Waals surface area contributed by atoms with E-state index in [0.29, 0.717) is 0 Å². The van der Waals surface area contributed by atoms with Gasteiger partial charge in [0.2, 0.25) is 5.78 Å². The van der Waals surface area contributed by atoms with Crippen molar-refractivity contribution in [3.63, 3.8) is 0 Å².